The zero-order chi connectivity index (χ0) is 42.8. The summed E-state index contributed by atoms with van der Waals surface area (Å²) in [5, 5.41) is 9.69. The Hall–Kier alpha value is -8.66. The molecule has 0 saturated carbocycles. The Morgan fingerprint density at radius 3 is 1.65 bits per heavy atom. The number of nitrogens with zero attached hydrogens (tertiary/aromatic N) is 2. The third kappa shape index (κ3) is 6.12. The van der Waals surface area contributed by atoms with Crippen molar-refractivity contribution in [2.24, 2.45) is 0 Å². The maximum Gasteiger partial charge on any atom is 0.143 e. The lowest BCUT2D eigenvalue weighted by atomic mass is 9.97. The molecule has 3 heteroatoms. The van der Waals surface area contributed by atoms with Crippen molar-refractivity contribution < 1.29 is 4.42 Å². The highest BCUT2D eigenvalue weighted by atomic mass is 16.3. The van der Waals surface area contributed by atoms with Gasteiger partial charge in [0.1, 0.15) is 11.2 Å². The van der Waals surface area contributed by atoms with Crippen LogP contribution in [0.5, 0.6) is 0 Å². The summed E-state index contributed by atoms with van der Waals surface area (Å²) in [7, 11) is 0. The van der Waals surface area contributed by atoms with Gasteiger partial charge in [-0.25, -0.2) is 0 Å². The van der Waals surface area contributed by atoms with E-state index in [1.54, 1.807) is 0 Å². The predicted octanol–water partition coefficient (Wildman–Crippen LogP) is 17.5. The molecule has 0 aliphatic heterocycles. The van der Waals surface area contributed by atoms with Gasteiger partial charge in [-0.15, -0.1) is 0 Å². The molecule has 0 bridgehead atoms. The highest BCUT2D eigenvalue weighted by Crippen LogP contribution is 2.45. The van der Waals surface area contributed by atoms with E-state index in [4.69, 9.17) is 4.42 Å². The first-order valence-corrected chi connectivity index (χ1v) is 22.2. The summed E-state index contributed by atoms with van der Waals surface area (Å²) in [6.07, 6.45) is 0. The van der Waals surface area contributed by atoms with Crippen molar-refractivity contribution in [3.05, 3.63) is 243 Å². The van der Waals surface area contributed by atoms with E-state index in [2.05, 4.69) is 246 Å². The third-order valence-corrected chi connectivity index (χ3v) is 13.2. The minimum atomic E-state index is 0.887. The highest BCUT2D eigenvalue weighted by molar-refractivity contribution is 6.17. The van der Waals surface area contributed by atoms with E-state index in [9.17, 15) is 0 Å². The normalized spacial score (nSPS) is 11.7. The van der Waals surface area contributed by atoms with Crippen molar-refractivity contribution in [3.63, 3.8) is 0 Å². The number of fused-ring (bicyclic) bond motifs is 9. The van der Waals surface area contributed by atoms with Crippen LogP contribution in [0.4, 0.5) is 17.1 Å². The fourth-order valence-electron chi connectivity index (χ4n) is 10.1. The van der Waals surface area contributed by atoms with Gasteiger partial charge < -0.3 is 13.9 Å². The lowest BCUT2D eigenvalue weighted by Gasteiger charge is -2.27. The minimum Gasteiger partial charge on any atom is -0.455 e. The molecule has 0 aliphatic carbocycles. The Bertz CT molecular complexity index is 3920. The molecule has 0 spiro atoms. The predicted molar refractivity (Wildman–Crippen MR) is 274 cm³/mol. The monoisotopic (exact) mass is 828 g/mol. The topological polar surface area (TPSA) is 21.3 Å². The zero-order valence-corrected chi connectivity index (χ0v) is 35.4. The van der Waals surface area contributed by atoms with Crippen molar-refractivity contribution in [3.8, 4) is 39.1 Å². The number of anilines is 3. The number of furan rings is 1. The second kappa shape index (κ2) is 15.0. The van der Waals surface area contributed by atoms with Crippen LogP contribution < -0.4 is 4.90 Å². The van der Waals surface area contributed by atoms with Crippen LogP contribution in [0.1, 0.15) is 0 Å². The molecule has 0 atom stereocenters. The molecule has 13 rings (SSSR count). The van der Waals surface area contributed by atoms with Crippen LogP contribution in [-0.2, 0) is 0 Å². The van der Waals surface area contributed by atoms with Crippen LogP contribution in [0.15, 0.2) is 247 Å². The maximum atomic E-state index is 6.54. The molecule has 2 heterocycles. The molecule has 0 fully saturated rings. The van der Waals surface area contributed by atoms with Gasteiger partial charge in [-0.3, -0.25) is 0 Å². The summed E-state index contributed by atoms with van der Waals surface area (Å²) >= 11 is 0. The van der Waals surface area contributed by atoms with Crippen LogP contribution in [-0.4, -0.2) is 4.57 Å². The summed E-state index contributed by atoms with van der Waals surface area (Å²) < 4.78 is 8.93. The summed E-state index contributed by atoms with van der Waals surface area (Å²) in [5.74, 6) is 0. The van der Waals surface area contributed by atoms with Crippen molar-refractivity contribution >= 4 is 82.4 Å². The average Bonchev–Trinajstić information content (AvgIpc) is 3.93. The van der Waals surface area contributed by atoms with E-state index in [-0.39, 0.29) is 0 Å². The average molecular weight is 829 g/mol. The number of rotatable bonds is 7. The molecule has 13 aromatic rings. The summed E-state index contributed by atoms with van der Waals surface area (Å²) in [6.45, 7) is 0. The van der Waals surface area contributed by atoms with Gasteiger partial charge in [-0.1, -0.05) is 170 Å². The SMILES string of the molecule is c1ccc(-c2cccc3c2oc2ccc(-c4ccc(N(c5ccc(-c6ccc7ccc8ccccc8c7c6)cc5)c5cccc6c5c5ccccc5n6-c5ccccc5)cc4)cc23)cc1. The van der Waals surface area contributed by atoms with Gasteiger partial charge in [-0.05, 0) is 122 Å². The lowest BCUT2D eigenvalue weighted by molar-refractivity contribution is 0.670. The number of hydrogen-bond acceptors (Lipinski definition) is 2. The van der Waals surface area contributed by atoms with Gasteiger partial charge in [0.05, 0.1) is 16.7 Å². The van der Waals surface area contributed by atoms with Crippen molar-refractivity contribution in [2.75, 3.05) is 4.90 Å². The summed E-state index contributed by atoms with van der Waals surface area (Å²) in [5.41, 5.74) is 15.5. The molecule has 2 aromatic heterocycles. The zero-order valence-electron chi connectivity index (χ0n) is 35.4. The smallest absolute Gasteiger partial charge is 0.143 e. The van der Waals surface area contributed by atoms with E-state index < -0.39 is 0 Å². The van der Waals surface area contributed by atoms with Gasteiger partial charge >= 0.3 is 0 Å². The molecular formula is C62H40N2O. The Morgan fingerprint density at radius 2 is 0.892 bits per heavy atom. The molecule has 0 saturated heterocycles. The first kappa shape index (κ1) is 36.9. The summed E-state index contributed by atoms with van der Waals surface area (Å²) in [4.78, 5) is 2.42. The lowest BCUT2D eigenvalue weighted by Crippen LogP contribution is -2.10. The molecule has 0 amide bonds. The maximum absolute atomic E-state index is 6.54. The molecule has 3 nitrogen and oxygen atoms in total. The molecule has 0 aliphatic rings. The van der Waals surface area contributed by atoms with Gasteiger partial charge in [0, 0.05) is 44.2 Å². The van der Waals surface area contributed by atoms with Crippen LogP contribution in [0.25, 0.3) is 104 Å². The fraction of sp³-hybridized carbons (Fsp3) is 0. The quantitative estimate of drug-likeness (QED) is 0.149. The van der Waals surface area contributed by atoms with Crippen LogP contribution in [0.3, 0.4) is 0 Å². The highest BCUT2D eigenvalue weighted by Gasteiger charge is 2.22. The standard InChI is InChI=1S/C62H40N2O/c1-3-13-43(14-4-1)52-20-11-21-53-56-40-47(33-38-60(56)65-62(52)53)42-31-36-50(37-32-42)63(58-23-12-24-59-61(58)54-19-9-10-22-57(54)64(59)48-16-5-2-6-17-48)49-34-29-41(30-35-49)46-28-27-45-26-25-44-15-7-8-18-51(44)55(45)39-46/h1-40H. The Balaban J connectivity index is 0.948. The second-order valence-electron chi connectivity index (χ2n) is 16.9. The number of para-hydroxylation sites is 3. The van der Waals surface area contributed by atoms with Crippen LogP contribution >= 0.6 is 0 Å². The van der Waals surface area contributed by atoms with Crippen molar-refractivity contribution in [1.29, 1.82) is 0 Å². The first-order chi connectivity index (χ1) is 32.2. The van der Waals surface area contributed by atoms with E-state index >= 15 is 0 Å². The Labute approximate surface area is 376 Å². The van der Waals surface area contributed by atoms with E-state index in [0.29, 0.717) is 0 Å². The molecule has 0 N–H and O–H groups in total. The van der Waals surface area contributed by atoms with Crippen molar-refractivity contribution in [1.82, 2.24) is 4.57 Å². The largest absolute Gasteiger partial charge is 0.455 e. The summed E-state index contributed by atoms with van der Waals surface area (Å²) in [6, 6.07) is 87.7. The van der Waals surface area contributed by atoms with Crippen LogP contribution in [0, 0.1) is 0 Å². The van der Waals surface area contributed by atoms with E-state index in [0.717, 1.165) is 72.5 Å². The second-order valence-corrected chi connectivity index (χ2v) is 16.9. The molecule has 0 radical (unpaired) electrons. The Morgan fingerprint density at radius 1 is 0.338 bits per heavy atom. The molecular weight excluding hydrogens is 789 g/mol. The number of aromatic nitrogens is 1. The van der Waals surface area contributed by atoms with Gasteiger partial charge in [-0.2, -0.15) is 0 Å². The van der Waals surface area contributed by atoms with Gasteiger partial charge in [0.2, 0.25) is 0 Å². The van der Waals surface area contributed by atoms with Gasteiger partial charge in [0.15, 0.2) is 0 Å². The number of benzene rings is 11. The van der Waals surface area contributed by atoms with Crippen molar-refractivity contribution in [2.45, 2.75) is 0 Å². The molecule has 304 valence electrons. The third-order valence-electron chi connectivity index (χ3n) is 13.2. The fourth-order valence-corrected chi connectivity index (χ4v) is 10.1. The van der Waals surface area contributed by atoms with Gasteiger partial charge in [0.25, 0.3) is 0 Å². The van der Waals surface area contributed by atoms with E-state index in [1.165, 1.54) is 49.0 Å². The van der Waals surface area contributed by atoms with E-state index in [1.807, 2.05) is 6.07 Å². The first-order valence-electron chi connectivity index (χ1n) is 22.2. The number of hydrogen-bond donors (Lipinski definition) is 0. The molecule has 11 aromatic carbocycles. The van der Waals surface area contributed by atoms with Crippen LogP contribution in [0.2, 0.25) is 0 Å². The Kier molecular flexibility index (Phi) is 8.53. The molecule has 65 heavy (non-hydrogen) atoms. The minimum absolute atomic E-state index is 0.887. The molecule has 0 unspecified atom stereocenters.